The van der Waals surface area contributed by atoms with Gasteiger partial charge >= 0.3 is 0 Å². The van der Waals surface area contributed by atoms with Crippen LogP contribution in [-0.2, 0) is 6.54 Å². The highest BCUT2D eigenvalue weighted by molar-refractivity contribution is 7.22. The van der Waals surface area contributed by atoms with Gasteiger partial charge in [0.05, 0.1) is 16.8 Å². The van der Waals surface area contributed by atoms with E-state index < -0.39 is 0 Å². The molecule has 0 amide bonds. The van der Waals surface area contributed by atoms with Crippen LogP contribution < -0.4 is 5.32 Å². The van der Waals surface area contributed by atoms with Gasteiger partial charge in [-0.3, -0.25) is 0 Å². The third kappa shape index (κ3) is 2.48. The maximum Gasteiger partial charge on any atom is 0.184 e. The van der Waals surface area contributed by atoms with E-state index in [9.17, 15) is 0 Å². The molecule has 92 valence electrons. The smallest absolute Gasteiger partial charge is 0.184 e. The number of benzene rings is 1. The van der Waals surface area contributed by atoms with Crippen LogP contribution in [0.1, 0.15) is 9.88 Å². The summed E-state index contributed by atoms with van der Waals surface area (Å²) in [6.07, 6.45) is 1.89. The van der Waals surface area contributed by atoms with E-state index in [4.69, 9.17) is 11.6 Å². The first-order valence-electron chi connectivity index (χ1n) is 5.42. The average molecular weight is 296 g/mol. The number of halogens is 1. The van der Waals surface area contributed by atoms with Crippen molar-refractivity contribution in [3.8, 4) is 0 Å². The summed E-state index contributed by atoms with van der Waals surface area (Å²) < 4.78 is 1.10. The van der Waals surface area contributed by atoms with Gasteiger partial charge in [-0.05, 0) is 25.1 Å². The van der Waals surface area contributed by atoms with E-state index in [2.05, 4.69) is 22.2 Å². The van der Waals surface area contributed by atoms with Crippen LogP contribution in [0, 0.1) is 6.92 Å². The molecular formula is C12H10ClN3S2. The van der Waals surface area contributed by atoms with Crippen molar-refractivity contribution in [3.05, 3.63) is 39.3 Å². The molecule has 0 unspecified atom stereocenters. The van der Waals surface area contributed by atoms with Gasteiger partial charge in [0.25, 0.3) is 0 Å². The SMILES string of the molecule is Cc1cnc(CNc2nc3ccc(Cl)cc3s2)s1. The first kappa shape index (κ1) is 11.9. The van der Waals surface area contributed by atoms with Gasteiger partial charge in [-0.15, -0.1) is 11.3 Å². The van der Waals surface area contributed by atoms with Crippen molar-refractivity contribution in [2.24, 2.45) is 0 Å². The van der Waals surface area contributed by atoms with Gasteiger partial charge in [0.2, 0.25) is 0 Å². The Morgan fingerprint density at radius 3 is 3.00 bits per heavy atom. The Balaban J connectivity index is 1.78. The van der Waals surface area contributed by atoms with Crippen molar-refractivity contribution in [1.82, 2.24) is 9.97 Å². The number of rotatable bonds is 3. The molecule has 0 saturated carbocycles. The molecule has 0 radical (unpaired) electrons. The lowest BCUT2D eigenvalue weighted by Gasteiger charge is -1.97. The molecule has 0 bridgehead atoms. The van der Waals surface area contributed by atoms with Crippen LogP contribution in [-0.4, -0.2) is 9.97 Å². The van der Waals surface area contributed by atoms with Crippen molar-refractivity contribution in [1.29, 1.82) is 0 Å². The number of nitrogens with zero attached hydrogens (tertiary/aromatic N) is 2. The minimum Gasteiger partial charge on any atom is -0.355 e. The van der Waals surface area contributed by atoms with Gasteiger partial charge in [0.1, 0.15) is 5.01 Å². The standard InChI is InChI=1S/C12H10ClN3S2/c1-7-5-14-11(17-7)6-15-12-16-9-3-2-8(13)4-10(9)18-12/h2-5H,6H2,1H3,(H,15,16). The number of anilines is 1. The minimum absolute atomic E-state index is 0.714. The third-order valence-corrected chi connectivity index (χ3v) is 4.53. The Kier molecular flexibility index (Phi) is 3.20. The molecule has 2 heterocycles. The number of thiazole rings is 2. The zero-order chi connectivity index (χ0) is 12.5. The second kappa shape index (κ2) is 4.84. The summed E-state index contributed by atoms with van der Waals surface area (Å²) in [5.74, 6) is 0. The molecule has 6 heteroatoms. The molecule has 0 aliphatic heterocycles. The topological polar surface area (TPSA) is 37.8 Å². The number of fused-ring (bicyclic) bond motifs is 1. The Morgan fingerprint density at radius 2 is 2.22 bits per heavy atom. The van der Waals surface area contributed by atoms with Crippen LogP contribution in [0.2, 0.25) is 5.02 Å². The van der Waals surface area contributed by atoms with Crippen molar-refractivity contribution in [2.75, 3.05) is 5.32 Å². The van der Waals surface area contributed by atoms with Crippen LogP contribution in [0.5, 0.6) is 0 Å². The predicted octanol–water partition coefficient (Wildman–Crippen LogP) is 4.33. The number of hydrogen-bond donors (Lipinski definition) is 1. The summed E-state index contributed by atoms with van der Waals surface area (Å²) in [6, 6.07) is 5.73. The number of nitrogens with one attached hydrogen (secondary N) is 1. The lowest BCUT2D eigenvalue weighted by atomic mass is 10.3. The van der Waals surface area contributed by atoms with Crippen LogP contribution in [0.15, 0.2) is 24.4 Å². The molecular weight excluding hydrogens is 286 g/mol. The molecule has 3 rings (SSSR count). The van der Waals surface area contributed by atoms with Crippen LogP contribution in [0.3, 0.4) is 0 Å². The monoisotopic (exact) mass is 295 g/mol. The van der Waals surface area contributed by atoms with E-state index in [0.29, 0.717) is 6.54 Å². The normalized spacial score (nSPS) is 11.0. The summed E-state index contributed by atoms with van der Waals surface area (Å²) in [5.41, 5.74) is 0.974. The molecule has 2 aromatic heterocycles. The molecule has 1 N–H and O–H groups in total. The minimum atomic E-state index is 0.714. The highest BCUT2D eigenvalue weighted by Gasteiger charge is 2.05. The summed E-state index contributed by atoms with van der Waals surface area (Å²) in [4.78, 5) is 10.0. The highest BCUT2D eigenvalue weighted by atomic mass is 35.5. The summed E-state index contributed by atoms with van der Waals surface area (Å²) >= 11 is 9.26. The highest BCUT2D eigenvalue weighted by Crippen LogP contribution is 2.28. The van der Waals surface area contributed by atoms with Crippen LogP contribution >= 0.6 is 34.3 Å². The fraction of sp³-hybridized carbons (Fsp3) is 0.167. The lowest BCUT2D eigenvalue weighted by Crippen LogP contribution is -1.97. The van der Waals surface area contributed by atoms with E-state index in [-0.39, 0.29) is 0 Å². The first-order valence-corrected chi connectivity index (χ1v) is 7.43. The Hall–Kier alpha value is -1.17. The molecule has 1 aromatic carbocycles. The number of aryl methyl sites for hydroxylation is 1. The maximum absolute atomic E-state index is 5.95. The van der Waals surface area contributed by atoms with Crippen molar-refractivity contribution >= 4 is 49.6 Å². The summed E-state index contributed by atoms with van der Waals surface area (Å²) in [6.45, 7) is 2.77. The molecule has 0 aliphatic carbocycles. The number of hydrogen-bond acceptors (Lipinski definition) is 5. The molecule has 3 nitrogen and oxygen atoms in total. The number of aromatic nitrogens is 2. The van der Waals surface area contributed by atoms with Crippen LogP contribution in [0.25, 0.3) is 10.2 Å². The van der Waals surface area contributed by atoms with E-state index in [1.165, 1.54) is 4.88 Å². The molecule has 0 saturated heterocycles. The van der Waals surface area contributed by atoms with Gasteiger partial charge in [0.15, 0.2) is 5.13 Å². The van der Waals surface area contributed by atoms with E-state index in [0.717, 1.165) is 25.4 Å². The zero-order valence-corrected chi connectivity index (χ0v) is 12.0. The lowest BCUT2D eigenvalue weighted by molar-refractivity contribution is 1.10. The molecule has 0 fully saturated rings. The van der Waals surface area contributed by atoms with Crippen LogP contribution in [0.4, 0.5) is 5.13 Å². The Bertz CT molecular complexity index is 690. The quantitative estimate of drug-likeness (QED) is 0.781. The van der Waals surface area contributed by atoms with E-state index in [1.54, 1.807) is 22.7 Å². The second-order valence-electron chi connectivity index (χ2n) is 3.85. The Morgan fingerprint density at radius 1 is 1.33 bits per heavy atom. The second-order valence-corrected chi connectivity index (χ2v) is 6.64. The first-order chi connectivity index (χ1) is 8.70. The van der Waals surface area contributed by atoms with Crippen molar-refractivity contribution in [3.63, 3.8) is 0 Å². The maximum atomic E-state index is 5.95. The van der Waals surface area contributed by atoms with Gasteiger partial charge in [-0.25, -0.2) is 9.97 Å². The zero-order valence-electron chi connectivity index (χ0n) is 9.61. The Labute approximate surface area is 117 Å². The molecule has 0 spiro atoms. The molecule has 0 aliphatic rings. The van der Waals surface area contributed by atoms with Crippen molar-refractivity contribution in [2.45, 2.75) is 13.5 Å². The van der Waals surface area contributed by atoms with Gasteiger partial charge in [-0.1, -0.05) is 22.9 Å². The third-order valence-electron chi connectivity index (χ3n) is 2.41. The molecule has 18 heavy (non-hydrogen) atoms. The summed E-state index contributed by atoms with van der Waals surface area (Å²) in [5, 5.41) is 6.02. The van der Waals surface area contributed by atoms with Gasteiger partial charge in [-0.2, -0.15) is 0 Å². The van der Waals surface area contributed by atoms with Gasteiger partial charge in [0, 0.05) is 16.1 Å². The van der Waals surface area contributed by atoms with Gasteiger partial charge < -0.3 is 5.32 Å². The molecule has 3 aromatic rings. The molecule has 0 atom stereocenters. The predicted molar refractivity (Wildman–Crippen MR) is 78.8 cm³/mol. The fourth-order valence-electron chi connectivity index (χ4n) is 1.61. The average Bonchev–Trinajstić information content (AvgIpc) is 2.92. The largest absolute Gasteiger partial charge is 0.355 e. The summed E-state index contributed by atoms with van der Waals surface area (Å²) in [7, 11) is 0. The van der Waals surface area contributed by atoms with E-state index >= 15 is 0 Å². The van der Waals surface area contributed by atoms with E-state index in [1.807, 2.05) is 24.4 Å². The van der Waals surface area contributed by atoms with Crippen molar-refractivity contribution < 1.29 is 0 Å². The fourth-order valence-corrected chi connectivity index (χ4v) is 3.47.